The number of hydrogen-bond donors (Lipinski definition) is 0. The van der Waals surface area contributed by atoms with Gasteiger partial charge in [0.25, 0.3) is 0 Å². The summed E-state index contributed by atoms with van der Waals surface area (Å²) in [6.45, 7) is 2.83. The normalized spacial score (nSPS) is 46.1. The summed E-state index contributed by atoms with van der Waals surface area (Å²) in [5.41, 5.74) is 0. The number of ether oxygens (including phenoxy) is 1. The molecule has 2 fully saturated rings. The first kappa shape index (κ1) is 6.35. The van der Waals surface area contributed by atoms with E-state index in [0.29, 0.717) is 5.78 Å². The lowest BCUT2D eigenvalue weighted by atomic mass is 9.68. The minimum atomic E-state index is 0.185. The van der Waals surface area contributed by atoms with E-state index in [-0.39, 0.29) is 17.9 Å². The summed E-state index contributed by atoms with van der Waals surface area (Å²) in [4.78, 5) is 11.1. The van der Waals surface area contributed by atoms with E-state index >= 15 is 0 Å². The van der Waals surface area contributed by atoms with Crippen molar-refractivity contribution >= 4 is 5.78 Å². The molecule has 0 N–H and O–H groups in total. The molecule has 0 aromatic rings. The van der Waals surface area contributed by atoms with E-state index in [0.717, 1.165) is 19.4 Å². The van der Waals surface area contributed by atoms with Gasteiger partial charge in [-0.15, -0.1) is 0 Å². The van der Waals surface area contributed by atoms with Crippen molar-refractivity contribution in [1.82, 2.24) is 0 Å². The second-order valence-electron chi connectivity index (χ2n) is 3.28. The number of carbonyl (C=O) groups is 1. The Hall–Kier alpha value is -0.370. The summed E-state index contributed by atoms with van der Waals surface area (Å²) in [7, 11) is 0. The smallest absolute Gasteiger partial charge is 0.143 e. The van der Waals surface area contributed by atoms with Crippen molar-refractivity contribution < 1.29 is 9.53 Å². The van der Waals surface area contributed by atoms with E-state index in [1.807, 2.05) is 6.92 Å². The van der Waals surface area contributed by atoms with Gasteiger partial charge in [-0.1, -0.05) is 6.92 Å². The fourth-order valence-electron chi connectivity index (χ4n) is 1.98. The van der Waals surface area contributed by atoms with Crippen LogP contribution in [0.1, 0.15) is 19.8 Å². The average Bonchev–Trinajstić information content (AvgIpc) is 2.03. The molecule has 3 atom stereocenters. The molecule has 1 saturated heterocycles. The lowest BCUT2D eigenvalue weighted by Gasteiger charge is -2.43. The molecule has 1 heterocycles. The maximum absolute atomic E-state index is 11.1. The first-order chi connectivity index (χ1) is 4.80. The topological polar surface area (TPSA) is 26.3 Å². The molecule has 0 amide bonds. The first-order valence-corrected chi connectivity index (χ1v) is 3.96. The fourth-order valence-corrected chi connectivity index (χ4v) is 1.98. The number of ketones is 1. The molecule has 1 aliphatic carbocycles. The van der Waals surface area contributed by atoms with Crippen LogP contribution in [0.5, 0.6) is 0 Å². The summed E-state index contributed by atoms with van der Waals surface area (Å²) >= 11 is 0. The molecule has 0 spiro atoms. The van der Waals surface area contributed by atoms with Crippen molar-refractivity contribution in [2.45, 2.75) is 25.9 Å². The second-order valence-corrected chi connectivity index (χ2v) is 3.28. The molecule has 10 heavy (non-hydrogen) atoms. The van der Waals surface area contributed by atoms with Crippen molar-refractivity contribution in [2.75, 3.05) is 6.61 Å². The second kappa shape index (κ2) is 2.06. The highest BCUT2D eigenvalue weighted by Gasteiger charge is 2.48. The summed E-state index contributed by atoms with van der Waals surface area (Å²) in [6.07, 6.45) is 2.41. The van der Waals surface area contributed by atoms with Gasteiger partial charge < -0.3 is 4.74 Å². The van der Waals surface area contributed by atoms with E-state index in [9.17, 15) is 4.79 Å². The summed E-state index contributed by atoms with van der Waals surface area (Å²) in [6, 6.07) is 0. The minimum Gasteiger partial charge on any atom is -0.377 e. The Labute approximate surface area is 60.6 Å². The molecule has 2 nitrogen and oxygen atoms in total. The van der Waals surface area contributed by atoms with E-state index in [2.05, 4.69) is 0 Å². The predicted octanol–water partition coefficient (Wildman–Crippen LogP) is 1.00. The highest BCUT2D eigenvalue weighted by molar-refractivity contribution is 5.90. The third kappa shape index (κ3) is 0.655. The van der Waals surface area contributed by atoms with Crippen LogP contribution >= 0.6 is 0 Å². The van der Waals surface area contributed by atoms with Crippen LogP contribution in [0.25, 0.3) is 0 Å². The van der Waals surface area contributed by atoms with Gasteiger partial charge in [-0.05, 0) is 12.8 Å². The van der Waals surface area contributed by atoms with Crippen molar-refractivity contribution in [1.29, 1.82) is 0 Å². The molecular formula is C8H12O2. The van der Waals surface area contributed by atoms with Crippen LogP contribution in [0.15, 0.2) is 0 Å². The monoisotopic (exact) mass is 140 g/mol. The van der Waals surface area contributed by atoms with Crippen LogP contribution in [0.4, 0.5) is 0 Å². The van der Waals surface area contributed by atoms with E-state index < -0.39 is 0 Å². The zero-order valence-electron chi connectivity index (χ0n) is 6.17. The molecule has 0 bridgehead atoms. The lowest BCUT2D eigenvalue weighted by Crippen LogP contribution is -2.54. The van der Waals surface area contributed by atoms with Gasteiger partial charge in [0.05, 0.1) is 6.10 Å². The van der Waals surface area contributed by atoms with Gasteiger partial charge in [-0.3, -0.25) is 4.79 Å². The summed E-state index contributed by atoms with van der Waals surface area (Å²) < 4.78 is 5.44. The number of Topliss-reactive ketones (excluding diaryl/α,β-unsaturated/α-hetero) is 1. The molecule has 1 aliphatic heterocycles. The summed E-state index contributed by atoms with van der Waals surface area (Å²) in [5.74, 6) is 0.874. The van der Waals surface area contributed by atoms with Gasteiger partial charge in [-0.2, -0.15) is 0 Å². The van der Waals surface area contributed by atoms with Crippen molar-refractivity contribution in [2.24, 2.45) is 11.8 Å². The SMILES string of the molecule is CC1C(=O)[C@@H]2CCCO[C@H]12. The molecule has 0 radical (unpaired) electrons. The summed E-state index contributed by atoms with van der Waals surface area (Å²) in [5, 5.41) is 0. The van der Waals surface area contributed by atoms with Crippen LogP contribution in [0.2, 0.25) is 0 Å². The third-order valence-electron chi connectivity index (χ3n) is 2.67. The van der Waals surface area contributed by atoms with Gasteiger partial charge in [0.15, 0.2) is 0 Å². The third-order valence-corrected chi connectivity index (χ3v) is 2.67. The Morgan fingerprint density at radius 2 is 2.40 bits per heavy atom. The number of rotatable bonds is 0. The van der Waals surface area contributed by atoms with Crippen LogP contribution in [-0.4, -0.2) is 18.5 Å². The highest BCUT2D eigenvalue weighted by atomic mass is 16.5. The largest absolute Gasteiger partial charge is 0.377 e. The number of fused-ring (bicyclic) bond motifs is 1. The first-order valence-electron chi connectivity index (χ1n) is 3.96. The maximum atomic E-state index is 11.1. The molecule has 2 heteroatoms. The van der Waals surface area contributed by atoms with E-state index in [1.165, 1.54) is 0 Å². The zero-order valence-corrected chi connectivity index (χ0v) is 6.17. The Kier molecular flexibility index (Phi) is 1.31. The van der Waals surface area contributed by atoms with Crippen LogP contribution in [-0.2, 0) is 9.53 Å². The Morgan fingerprint density at radius 1 is 1.60 bits per heavy atom. The minimum absolute atomic E-state index is 0.185. The molecule has 2 rings (SSSR count). The molecule has 56 valence electrons. The van der Waals surface area contributed by atoms with Crippen LogP contribution < -0.4 is 0 Å². The van der Waals surface area contributed by atoms with Crippen LogP contribution in [0.3, 0.4) is 0 Å². The van der Waals surface area contributed by atoms with Gasteiger partial charge in [0.2, 0.25) is 0 Å². The Bertz CT molecular complexity index is 165. The molecule has 0 aromatic carbocycles. The molecule has 1 unspecified atom stereocenters. The Morgan fingerprint density at radius 3 is 3.10 bits per heavy atom. The lowest BCUT2D eigenvalue weighted by molar-refractivity contribution is -0.165. The van der Waals surface area contributed by atoms with Crippen molar-refractivity contribution in [3.05, 3.63) is 0 Å². The average molecular weight is 140 g/mol. The van der Waals surface area contributed by atoms with Crippen molar-refractivity contribution in [3.8, 4) is 0 Å². The molecule has 1 saturated carbocycles. The van der Waals surface area contributed by atoms with Gasteiger partial charge in [-0.25, -0.2) is 0 Å². The zero-order chi connectivity index (χ0) is 7.14. The molecule has 0 aromatic heterocycles. The fraction of sp³-hybridized carbons (Fsp3) is 0.875. The predicted molar refractivity (Wildman–Crippen MR) is 36.6 cm³/mol. The molecule has 2 aliphatic rings. The van der Waals surface area contributed by atoms with Gasteiger partial charge in [0.1, 0.15) is 5.78 Å². The van der Waals surface area contributed by atoms with Gasteiger partial charge >= 0.3 is 0 Å². The van der Waals surface area contributed by atoms with E-state index in [1.54, 1.807) is 0 Å². The quantitative estimate of drug-likeness (QED) is 0.501. The highest BCUT2D eigenvalue weighted by Crippen LogP contribution is 2.38. The van der Waals surface area contributed by atoms with Gasteiger partial charge in [0, 0.05) is 18.4 Å². The standard InChI is InChI=1S/C8H12O2/c1-5-7(9)6-3-2-4-10-8(5)6/h5-6,8H,2-4H2,1H3/t5?,6-,8+/m0/s1. The van der Waals surface area contributed by atoms with Crippen LogP contribution in [0, 0.1) is 11.8 Å². The van der Waals surface area contributed by atoms with E-state index in [4.69, 9.17) is 4.74 Å². The molecular weight excluding hydrogens is 128 g/mol. The maximum Gasteiger partial charge on any atom is 0.143 e. The Balaban J connectivity index is 2.06. The van der Waals surface area contributed by atoms with Crippen molar-refractivity contribution in [3.63, 3.8) is 0 Å². The number of hydrogen-bond acceptors (Lipinski definition) is 2. The number of carbonyl (C=O) groups excluding carboxylic acids is 1.